The maximum atomic E-state index is 12.1. The summed E-state index contributed by atoms with van der Waals surface area (Å²) in [5.74, 6) is 1.21. The van der Waals surface area contributed by atoms with Crippen molar-refractivity contribution in [3.63, 3.8) is 0 Å². The van der Waals surface area contributed by atoms with Gasteiger partial charge in [0.2, 0.25) is 0 Å². The van der Waals surface area contributed by atoms with Crippen molar-refractivity contribution in [2.75, 3.05) is 19.0 Å². The van der Waals surface area contributed by atoms with E-state index in [4.69, 9.17) is 4.74 Å². The highest BCUT2D eigenvalue weighted by Crippen LogP contribution is 2.22. The average molecular weight is 387 g/mol. The Balaban J connectivity index is 1.41. The van der Waals surface area contributed by atoms with Gasteiger partial charge >= 0.3 is 6.03 Å². The number of nitrogens with zero attached hydrogens (tertiary/aromatic N) is 3. The third kappa shape index (κ3) is 4.52. The number of benzene rings is 2. The minimum atomic E-state index is -0.294. The molecule has 2 N–H and O–H groups in total. The summed E-state index contributed by atoms with van der Waals surface area (Å²) < 4.78 is 6.92. The first-order valence-corrected chi connectivity index (χ1v) is 9.31. The topological polar surface area (TPSA) is 80.5 Å². The Hall–Kier alpha value is -3.87. The summed E-state index contributed by atoms with van der Waals surface area (Å²) >= 11 is 0. The molecule has 2 aromatic carbocycles. The van der Waals surface area contributed by atoms with E-state index in [1.165, 1.54) is 5.56 Å². The normalized spacial score (nSPS) is 10.7. The van der Waals surface area contributed by atoms with Crippen LogP contribution in [0.1, 0.15) is 5.56 Å². The molecule has 0 aliphatic rings. The fourth-order valence-corrected chi connectivity index (χ4v) is 3.00. The lowest BCUT2D eigenvalue weighted by molar-refractivity contribution is 0.252. The van der Waals surface area contributed by atoms with Crippen molar-refractivity contribution in [3.05, 3.63) is 78.5 Å². The minimum Gasteiger partial charge on any atom is -0.497 e. The van der Waals surface area contributed by atoms with Crippen LogP contribution in [0.5, 0.6) is 5.75 Å². The standard InChI is InChI=1S/C22H21N5O2/c1-29-18-9-5-8-17(14-18)19-10-11-21-24-20(15-27(21)26-19)25-22(28)23-13-12-16-6-3-2-4-7-16/h2-11,14-15H,12-13H2,1H3,(H2,23,25,28). The lowest BCUT2D eigenvalue weighted by Crippen LogP contribution is -2.30. The number of amides is 2. The number of anilines is 1. The van der Waals surface area contributed by atoms with Crippen LogP contribution in [0.3, 0.4) is 0 Å². The molecule has 0 unspecified atom stereocenters. The number of rotatable bonds is 6. The summed E-state index contributed by atoms with van der Waals surface area (Å²) in [6.45, 7) is 0.543. The number of fused-ring (bicyclic) bond motifs is 1. The van der Waals surface area contributed by atoms with Crippen LogP contribution in [0.25, 0.3) is 16.9 Å². The molecule has 0 saturated heterocycles. The molecule has 0 saturated carbocycles. The summed E-state index contributed by atoms with van der Waals surface area (Å²) in [5, 5.41) is 10.2. The molecule has 29 heavy (non-hydrogen) atoms. The number of urea groups is 1. The van der Waals surface area contributed by atoms with E-state index in [0.29, 0.717) is 18.0 Å². The van der Waals surface area contributed by atoms with Gasteiger partial charge in [-0.25, -0.2) is 14.3 Å². The smallest absolute Gasteiger partial charge is 0.320 e. The molecule has 2 heterocycles. The van der Waals surface area contributed by atoms with Crippen molar-refractivity contribution in [3.8, 4) is 17.0 Å². The molecule has 7 nitrogen and oxygen atoms in total. The Labute approximate surface area is 168 Å². The number of carbonyl (C=O) groups excluding carboxylic acids is 1. The summed E-state index contributed by atoms with van der Waals surface area (Å²) in [5.41, 5.74) is 3.55. The average Bonchev–Trinajstić information content (AvgIpc) is 3.15. The zero-order valence-electron chi connectivity index (χ0n) is 16.0. The molecule has 0 bridgehead atoms. The van der Waals surface area contributed by atoms with E-state index in [-0.39, 0.29) is 6.03 Å². The molecule has 2 aromatic heterocycles. The van der Waals surface area contributed by atoms with Gasteiger partial charge in [-0.3, -0.25) is 5.32 Å². The molecule has 0 radical (unpaired) electrons. The van der Waals surface area contributed by atoms with Crippen molar-refractivity contribution in [1.29, 1.82) is 0 Å². The van der Waals surface area contributed by atoms with E-state index in [1.807, 2.05) is 66.7 Å². The molecule has 0 aliphatic heterocycles. The minimum absolute atomic E-state index is 0.294. The number of carbonyl (C=O) groups is 1. The highest BCUT2D eigenvalue weighted by Gasteiger charge is 2.08. The quantitative estimate of drug-likeness (QED) is 0.528. The van der Waals surface area contributed by atoms with Gasteiger partial charge in [-0.05, 0) is 36.2 Å². The van der Waals surface area contributed by atoms with Gasteiger partial charge in [0.1, 0.15) is 5.75 Å². The molecule has 0 spiro atoms. The van der Waals surface area contributed by atoms with Gasteiger partial charge in [-0.15, -0.1) is 0 Å². The summed E-state index contributed by atoms with van der Waals surface area (Å²) in [6.07, 6.45) is 2.46. The first-order chi connectivity index (χ1) is 14.2. The van der Waals surface area contributed by atoms with E-state index in [9.17, 15) is 4.79 Å². The predicted octanol–water partition coefficient (Wildman–Crippen LogP) is 3.77. The Morgan fingerprint density at radius 1 is 1.07 bits per heavy atom. The van der Waals surface area contributed by atoms with Gasteiger partial charge in [-0.1, -0.05) is 42.5 Å². The number of imidazole rings is 1. The fraction of sp³-hybridized carbons (Fsp3) is 0.136. The number of methoxy groups -OCH3 is 1. The van der Waals surface area contributed by atoms with E-state index in [0.717, 1.165) is 23.4 Å². The number of hydrogen-bond donors (Lipinski definition) is 2. The molecular weight excluding hydrogens is 366 g/mol. The Morgan fingerprint density at radius 2 is 1.93 bits per heavy atom. The molecular formula is C22H21N5O2. The number of aromatic nitrogens is 3. The number of hydrogen-bond acceptors (Lipinski definition) is 4. The third-order valence-corrected chi connectivity index (χ3v) is 4.47. The molecule has 4 aromatic rings. The maximum Gasteiger partial charge on any atom is 0.320 e. The van der Waals surface area contributed by atoms with Crippen LogP contribution in [0.4, 0.5) is 10.6 Å². The van der Waals surface area contributed by atoms with Crippen molar-refractivity contribution in [2.45, 2.75) is 6.42 Å². The van der Waals surface area contributed by atoms with E-state index >= 15 is 0 Å². The van der Waals surface area contributed by atoms with Gasteiger partial charge in [0.25, 0.3) is 0 Å². The van der Waals surface area contributed by atoms with Gasteiger partial charge in [0.05, 0.1) is 19.0 Å². The van der Waals surface area contributed by atoms with Crippen LogP contribution >= 0.6 is 0 Å². The Kier molecular flexibility index (Phi) is 5.38. The largest absolute Gasteiger partial charge is 0.497 e. The van der Waals surface area contributed by atoms with Crippen LogP contribution in [-0.2, 0) is 6.42 Å². The zero-order valence-corrected chi connectivity index (χ0v) is 16.0. The molecule has 146 valence electrons. The van der Waals surface area contributed by atoms with Crippen LogP contribution in [0, 0.1) is 0 Å². The SMILES string of the molecule is COc1cccc(-c2ccc3nc(NC(=O)NCCc4ccccc4)cn3n2)c1. The van der Waals surface area contributed by atoms with Crippen molar-refractivity contribution < 1.29 is 9.53 Å². The number of ether oxygens (including phenoxy) is 1. The third-order valence-electron chi connectivity index (χ3n) is 4.47. The summed E-state index contributed by atoms with van der Waals surface area (Å²) in [7, 11) is 1.63. The van der Waals surface area contributed by atoms with Gasteiger partial charge in [-0.2, -0.15) is 5.10 Å². The second-order valence-corrected chi connectivity index (χ2v) is 6.50. The first kappa shape index (κ1) is 18.5. The van der Waals surface area contributed by atoms with E-state index in [2.05, 4.69) is 20.7 Å². The predicted molar refractivity (Wildman–Crippen MR) is 112 cm³/mol. The first-order valence-electron chi connectivity index (χ1n) is 9.31. The molecule has 0 atom stereocenters. The number of nitrogens with one attached hydrogen (secondary N) is 2. The summed E-state index contributed by atoms with van der Waals surface area (Å²) in [4.78, 5) is 16.5. The zero-order chi connectivity index (χ0) is 20.1. The molecule has 4 rings (SSSR count). The van der Waals surface area contributed by atoms with Gasteiger partial charge < -0.3 is 10.1 Å². The van der Waals surface area contributed by atoms with Crippen LogP contribution in [-0.4, -0.2) is 34.3 Å². The van der Waals surface area contributed by atoms with Crippen LogP contribution in [0.15, 0.2) is 72.9 Å². The molecule has 2 amide bonds. The molecule has 7 heteroatoms. The van der Waals surface area contributed by atoms with Crippen LogP contribution in [0.2, 0.25) is 0 Å². The second-order valence-electron chi connectivity index (χ2n) is 6.50. The van der Waals surface area contributed by atoms with Gasteiger partial charge in [0, 0.05) is 12.1 Å². The lowest BCUT2D eigenvalue weighted by Gasteiger charge is -2.05. The van der Waals surface area contributed by atoms with Crippen LogP contribution < -0.4 is 15.4 Å². The fourth-order valence-electron chi connectivity index (χ4n) is 3.00. The maximum absolute atomic E-state index is 12.1. The Morgan fingerprint density at radius 3 is 2.76 bits per heavy atom. The monoisotopic (exact) mass is 387 g/mol. The lowest BCUT2D eigenvalue weighted by atomic mass is 10.1. The van der Waals surface area contributed by atoms with Crippen molar-refractivity contribution in [2.24, 2.45) is 0 Å². The Bertz CT molecular complexity index is 1120. The van der Waals surface area contributed by atoms with Crippen molar-refractivity contribution >= 4 is 17.5 Å². The second kappa shape index (κ2) is 8.43. The highest BCUT2D eigenvalue weighted by molar-refractivity contribution is 5.88. The van der Waals surface area contributed by atoms with Crippen molar-refractivity contribution in [1.82, 2.24) is 19.9 Å². The molecule has 0 aliphatic carbocycles. The van der Waals surface area contributed by atoms with Gasteiger partial charge in [0.15, 0.2) is 11.5 Å². The van der Waals surface area contributed by atoms with E-state index < -0.39 is 0 Å². The molecule has 0 fully saturated rings. The van der Waals surface area contributed by atoms with E-state index in [1.54, 1.807) is 17.8 Å². The summed E-state index contributed by atoms with van der Waals surface area (Å²) in [6, 6.07) is 21.2. The highest BCUT2D eigenvalue weighted by atomic mass is 16.5.